The zero-order valence-electron chi connectivity index (χ0n) is 5.26. The molecule has 1 heteroatoms. The molecule has 1 atom stereocenters. The van der Waals surface area contributed by atoms with Crippen molar-refractivity contribution in [3.8, 4) is 0 Å². The van der Waals surface area contributed by atoms with Crippen molar-refractivity contribution in [2.45, 2.75) is 6.92 Å². The molecule has 0 N–H and O–H groups in total. The Bertz CT molecular complexity index is 76.5. The van der Waals surface area contributed by atoms with Crippen LogP contribution >= 0.6 is 0 Å². The molecule has 0 aliphatic rings. The Labute approximate surface area is 50.7 Å². The first kappa shape index (κ1) is 7.28. The average Bonchev–Trinajstić information content (AvgIpc) is 1.83. The second-order valence-corrected chi connectivity index (χ2v) is 1.71. The molecule has 8 heavy (non-hydrogen) atoms. The summed E-state index contributed by atoms with van der Waals surface area (Å²) in [7, 11) is 0. The van der Waals surface area contributed by atoms with Crippen molar-refractivity contribution >= 4 is 0 Å². The van der Waals surface area contributed by atoms with E-state index in [4.69, 9.17) is 4.74 Å². The SMILES string of the molecule is C=COCC(C)C=C. The van der Waals surface area contributed by atoms with E-state index in [9.17, 15) is 0 Å². The second-order valence-electron chi connectivity index (χ2n) is 1.71. The Balaban J connectivity index is 3.09. The van der Waals surface area contributed by atoms with E-state index in [2.05, 4.69) is 13.2 Å². The second kappa shape index (κ2) is 4.44. The summed E-state index contributed by atoms with van der Waals surface area (Å²) in [6.45, 7) is 9.74. The quantitative estimate of drug-likeness (QED) is 0.399. The van der Waals surface area contributed by atoms with Crippen LogP contribution in [0, 0.1) is 5.92 Å². The molecule has 0 amide bonds. The molecular weight excluding hydrogens is 100 g/mol. The van der Waals surface area contributed by atoms with Crippen LogP contribution in [0.4, 0.5) is 0 Å². The van der Waals surface area contributed by atoms with E-state index >= 15 is 0 Å². The maximum atomic E-state index is 4.88. The summed E-state index contributed by atoms with van der Waals surface area (Å²) in [5, 5.41) is 0. The van der Waals surface area contributed by atoms with Crippen molar-refractivity contribution in [3.05, 3.63) is 25.5 Å². The lowest BCUT2D eigenvalue weighted by molar-refractivity contribution is 0.224. The van der Waals surface area contributed by atoms with E-state index in [0.717, 1.165) is 0 Å². The van der Waals surface area contributed by atoms with Gasteiger partial charge in [-0.1, -0.05) is 19.6 Å². The zero-order chi connectivity index (χ0) is 6.41. The molecule has 0 aromatic heterocycles. The van der Waals surface area contributed by atoms with Gasteiger partial charge in [0.05, 0.1) is 12.9 Å². The molecule has 0 saturated heterocycles. The lowest BCUT2D eigenvalue weighted by atomic mass is 10.2. The highest BCUT2D eigenvalue weighted by molar-refractivity contribution is 4.74. The Morgan fingerprint density at radius 2 is 2.25 bits per heavy atom. The summed E-state index contributed by atoms with van der Waals surface area (Å²) < 4.78 is 4.88. The van der Waals surface area contributed by atoms with Crippen molar-refractivity contribution in [3.63, 3.8) is 0 Å². The standard InChI is InChI=1S/C7H12O/c1-4-7(3)6-8-5-2/h4-5,7H,1-2,6H2,3H3. The van der Waals surface area contributed by atoms with Gasteiger partial charge in [-0.05, 0) is 0 Å². The Hall–Kier alpha value is -0.720. The lowest BCUT2D eigenvalue weighted by Gasteiger charge is -2.02. The van der Waals surface area contributed by atoms with Crippen LogP contribution in [0.2, 0.25) is 0 Å². The minimum absolute atomic E-state index is 0.424. The van der Waals surface area contributed by atoms with E-state index < -0.39 is 0 Å². The van der Waals surface area contributed by atoms with Crippen molar-refractivity contribution in [2.75, 3.05) is 6.61 Å². The third-order valence-electron chi connectivity index (χ3n) is 0.879. The van der Waals surface area contributed by atoms with Crippen LogP contribution in [0.3, 0.4) is 0 Å². The van der Waals surface area contributed by atoms with Crippen LogP contribution in [0.25, 0.3) is 0 Å². The van der Waals surface area contributed by atoms with E-state index in [-0.39, 0.29) is 0 Å². The summed E-state index contributed by atoms with van der Waals surface area (Å²) in [6, 6.07) is 0. The maximum Gasteiger partial charge on any atom is 0.0932 e. The van der Waals surface area contributed by atoms with Crippen LogP contribution in [0.15, 0.2) is 25.5 Å². The lowest BCUT2D eigenvalue weighted by Crippen LogP contribution is -1.97. The van der Waals surface area contributed by atoms with Gasteiger partial charge in [0.2, 0.25) is 0 Å². The van der Waals surface area contributed by atoms with Crippen molar-refractivity contribution in [2.24, 2.45) is 5.92 Å². The molecule has 0 fully saturated rings. The molecule has 46 valence electrons. The van der Waals surface area contributed by atoms with Gasteiger partial charge in [-0.2, -0.15) is 0 Å². The van der Waals surface area contributed by atoms with Gasteiger partial charge in [0, 0.05) is 5.92 Å². The third-order valence-corrected chi connectivity index (χ3v) is 0.879. The van der Waals surface area contributed by atoms with Gasteiger partial charge >= 0.3 is 0 Å². The highest BCUT2D eigenvalue weighted by atomic mass is 16.5. The molecule has 0 rings (SSSR count). The molecule has 1 unspecified atom stereocenters. The monoisotopic (exact) mass is 112 g/mol. The van der Waals surface area contributed by atoms with Crippen LogP contribution in [0.1, 0.15) is 6.92 Å². The van der Waals surface area contributed by atoms with Crippen LogP contribution in [-0.4, -0.2) is 6.61 Å². The fourth-order valence-electron chi connectivity index (χ4n) is 0.288. The number of hydrogen-bond donors (Lipinski definition) is 0. The fourth-order valence-corrected chi connectivity index (χ4v) is 0.288. The van der Waals surface area contributed by atoms with Crippen molar-refractivity contribution < 1.29 is 4.74 Å². The Kier molecular flexibility index (Phi) is 4.04. The molecule has 0 radical (unpaired) electrons. The fraction of sp³-hybridized carbons (Fsp3) is 0.429. The van der Waals surface area contributed by atoms with Gasteiger partial charge in [-0.3, -0.25) is 0 Å². The van der Waals surface area contributed by atoms with Crippen LogP contribution in [0.5, 0.6) is 0 Å². The normalized spacial score (nSPS) is 12.1. The van der Waals surface area contributed by atoms with Gasteiger partial charge in [0.15, 0.2) is 0 Å². The first-order valence-electron chi connectivity index (χ1n) is 2.66. The highest BCUT2D eigenvalue weighted by Crippen LogP contribution is 1.94. The minimum Gasteiger partial charge on any atom is -0.501 e. The van der Waals surface area contributed by atoms with Crippen LogP contribution in [-0.2, 0) is 4.74 Å². The molecule has 0 aromatic carbocycles. The van der Waals surface area contributed by atoms with E-state index in [1.807, 2.05) is 13.0 Å². The minimum atomic E-state index is 0.424. The van der Waals surface area contributed by atoms with Crippen molar-refractivity contribution in [1.29, 1.82) is 0 Å². The molecule has 0 saturated carbocycles. The van der Waals surface area contributed by atoms with Crippen LogP contribution < -0.4 is 0 Å². The van der Waals surface area contributed by atoms with Gasteiger partial charge in [0.25, 0.3) is 0 Å². The first-order chi connectivity index (χ1) is 3.81. The molecule has 0 aliphatic carbocycles. The smallest absolute Gasteiger partial charge is 0.0932 e. The topological polar surface area (TPSA) is 9.23 Å². The number of ether oxygens (including phenoxy) is 1. The van der Waals surface area contributed by atoms with E-state index in [1.54, 1.807) is 0 Å². The molecule has 0 aliphatic heterocycles. The molecule has 0 heterocycles. The molecule has 0 bridgehead atoms. The summed E-state index contributed by atoms with van der Waals surface area (Å²) in [5.74, 6) is 0.424. The predicted octanol–water partition coefficient (Wildman–Crippen LogP) is 1.97. The average molecular weight is 112 g/mol. The predicted molar refractivity (Wildman–Crippen MR) is 35.5 cm³/mol. The zero-order valence-corrected chi connectivity index (χ0v) is 5.26. The largest absolute Gasteiger partial charge is 0.501 e. The van der Waals surface area contributed by atoms with Gasteiger partial charge in [-0.15, -0.1) is 6.58 Å². The first-order valence-corrected chi connectivity index (χ1v) is 2.66. The summed E-state index contributed by atoms with van der Waals surface area (Å²) in [6.07, 6.45) is 3.30. The summed E-state index contributed by atoms with van der Waals surface area (Å²) in [5.41, 5.74) is 0. The molecule has 0 spiro atoms. The highest BCUT2D eigenvalue weighted by Gasteiger charge is 1.90. The van der Waals surface area contributed by atoms with Crippen molar-refractivity contribution in [1.82, 2.24) is 0 Å². The van der Waals surface area contributed by atoms with Gasteiger partial charge in [-0.25, -0.2) is 0 Å². The molecule has 0 aromatic rings. The Morgan fingerprint density at radius 3 is 2.62 bits per heavy atom. The van der Waals surface area contributed by atoms with Gasteiger partial charge in [0.1, 0.15) is 0 Å². The summed E-state index contributed by atoms with van der Waals surface area (Å²) >= 11 is 0. The number of rotatable bonds is 4. The molecule has 1 nitrogen and oxygen atoms in total. The third kappa shape index (κ3) is 3.47. The Morgan fingerprint density at radius 1 is 1.62 bits per heavy atom. The number of hydrogen-bond acceptors (Lipinski definition) is 1. The maximum absolute atomic E-state index is 4.88. The molecular formula is C7H12O. The van der Waals surface area contributed by atoms with Gasteiger partial charge < -0.3 is 4.74 Å². The van der Waals surface area contributed by atoms with E-state index in [0.29, 0.717) is 12.5 Å². The summed E-state index contributed by atoms with van der Waals surface area (Å²) in [4.78, 5) is 0. The van der Waals surface area contributed by atoms with E-state index in [1.165, 1.54) is 6.26 Å².